The Morgan fingerprint density at radius 1 is 1.08 bits per heavy atom. The van der Waals surface area contributed by atoms with Crippen LogP contribution in [-0.4, -0.2) is 17.2 Å². The maximum absolute atomic E-state index is 13.7. The van der Waals surface area contributed by atoms with Gasteiger partial charge in [0.25, 0.3) is 5.91 Å². The third-order valence-electron chi connectivity index (χ3n) is 3.27. The molecule has 0 aliphatic carbocycles. The van der Waals surface area contributed by atoms with Gasteiger partial charge in [-0.05, 0) is 36.4 Å². The molecule has 0 atom stereocenters. The van der Waals surface area contributed by atoms with E-state index in [1.807, 2.05) is 0 Å². The average molecular weight is 324 g/mol. The molecule has 2 aromatic carbocycles. The van der Waals surface area contributed by atoms with Gasteiger partial charge in [-0.2, -0.15) is 5.10 Å². The normalized spacial score (nSPS) is 10.9. The first-order chi connectivity index (χ1) is 11.6. The number of carbonyl (C=O) groups excluding carboxylic acids is 1. The summed E-state index contributed by atoms with van der Waals surface area (Å²) < 4.78 is 19.2. The minimum absolute atomic E-state index is 0.112. The molecular weight excluding hydrogens is 311 g/mol. The molecule has 0 aliphatic rings. The van der Waals surface area contributed by atoms with Crippen molar-refractivity contribution in [2.45, 2.75) is 0 Å². The van der Waals surface area contributed by atoms with Crippen molar-refractivity contribution in [1.82, 2.24) is 5.43 Å². The zero-order valence-electron chi connectivity index (χ0n) is 12.4. The minimum atomic E-state index is -0.551. The molecule has 1 aromatic heterocycles. The van der Waals surface area contributed by atoms with Crippen molar-refractivity contribution in [3.63, 3.8) is 0 Å². The van der Waals surface area contributed by atoms with Crippen LogP contribution in [0.15, 0.2) is 70.2 Å². The van der Waals surface area contributed by atoms with E-state index in [0.29, 0.717) is 17.1 Å². The Balaban J connectivity index is 1.69. The maximum atomic E-state index is 13.7. The summed E-state index contributed by atoms with van der Waals surface area (Å²) in [5, 5.41) is 13.4. The van der Waals surface area contributed by atoms with Crippen LogP contribution < -0.4 is 5.43 Å². The number of para-hydroxylation sites is 1. The van der Waals surface area contributed by atoms with Gasteiger partial charge in [0, 0.05) is 0 Å². The highest BCUT2D eigenvalue weighted by atomic mass is 19.1. The van der Waals surface area contributed by atoms with E-state index in [-0.39, 0.29) is 17.1 Å². The second kappa shape index (κ2) is 6.78. The molecule has 3 rings (SSSR count). The molecule has 1 heterocycles. The highest BCUT2D eigenvalue weighted by Gasteiger charge is 2.10. The number of furan rings is 1. The summed E-state index contributed by atoms with van der Waals surface area (Å²) in [6.45, 7) is 0. The van der Waals surface area contributed by atoms with Gasteiger partial charge >= 0.3 is 0 Å². The Kier molecular flexibility index (Phi) is 4.38. The zero-order valence-corrected chi connectivity index (χ0v) is 12.4. The van der Waals surface area contributed by atoms with Crippen LogP contribution in [0, 0.1) is 5.82 Å². The van der Waals surface area contributed by atoms with Crippen LogP contribution >= 0.6 is 0 Å². The molecular formula is C18H13FN2O3. The van der Waals surface area contributed by atoms with Gasteiger partial charge in [-0.25, -0.2) is 9.82 Å². The second-order valence-corrected chi connectivity index (χ2v) is 4.90. The monoisotopic (exact) mass is 324 g/mol. The quantitative estimate of drug-likeness (QED) is 0.569. The van der Waals surface area contributed by atoms with Crippen LogP contribution in [0.2, 0.25) is 0 Å². The molecule has 0 aliphatic heterocycles. The van der Waals surface area contributed by atoms with Crippen molar-refractivity contribution >= 4 is 12.1 Å². The molecule has 0 fully saturated rings. The summed E-state index contributed by atoms with van der Waals surface area (Å²) in [5.41, 5.74) is 2.74. The lowest BCUT2D eigenvalue weighted by Crippen LogP contribution is -2.17. The smallest absolute Gasteiger partial charge is 0.275 e. The van der Waals surface area contributed by atoms with E-state index >= 15 is 0 Å². The molecule has 1 amide bonds. The molecule has 0 saturated heterocycles. The molecule has 0 saturated carbocycles. The van der Waals surface area contributed by atoms with Crippen LogP contribution in [0.25, 0.3) is 11.3 Å². The fourth-order valence-electron chi connectivity index (χ4n) is 2.11. The highest BCUT2D eigenvalue weighted by Crippen LogP contribution is 2.24. The average Bonchev–Trinajstić information content (AvgIpc) is 3.04. The fourth-order valence-corrected chi connectivity index (χ4v) is 2.11. The van der Waals surface area contributed by atoms with Crippen molar-refractivity contribution in [2.75, 3.05) is 0 Å². The molecule has 0 radical (unpaired) electrons. The lowest BCUT2D eigenvalue weighted by Gasteiger charge is -2.01. The molecule has 3 aromatic rings. The lowest BCUT2D eigenvalue weighted by molar-refractivity contribution is 0.0952. The largest absolute Gasteiger partial charge is 0.507 e. The third-order valence-corrected chi connectivity index (χ3v) is 3.27. The predicted molar refractivity (Wildman–Crippen MR) is 87.3 cm³/mol. The number of nitrogens with zero attached hydrogens (tertiary/aromatic N) is 1. The van der Waals surface area contributed by atoms with E-state index in [2.05, 4.69) is 10.5 Å². The third kappa shape index (κ3) is 3.33. The second-order valence-electron chi connectivity index (χ2n) is 4.90. The Morgan fingerprint density at radius 2 is 1.83 bits per heavy atom. The maximum Gasteiger partial charge on any atom is 0.275 e. The van der Waals surface area contributed by atoms with Crippen LogP contribution in [-0.2, 0) is 0 Å². The van der Waals surface area contributed by atoms with E-state index in [1.54, 1.807) is 42.5 Å². The van der Waals surface area contributed by atoms with E-state index in [0.717, 1.165) is 0 Å². The fraction of sp³-hybridized carbons (Fsp3) is 0. The van der Waals surface area contributed by atoms with Crippen LogP contribution in [0.3, 0.4) is 0 Å². The number of hydrogen-bond donors (Lipinski definition) is 2. The van der Waals surface area contributed by atoms with Gasteiger partial charge < -0.3 is 9.52 Å². The first-order valence-electron chi connectivity index (χ1n) is 7.11. The molecule has 0 bridgehead atoms. The van der Waals surface area contributed by atoms with Crippen molar-refractivity contribution < 1.29 is 18.7 Å². The molecule has 5 nitrogen and oxygen atoms in total. The Labute approximate surface area is 137 Å². The molecule has 24 heavy (non-hydrogen) atoms. The topological polar surface area (TPSA) is 74.8 Å². The van der Waals surface area contributed by atoms with Crippen molar-refractivity contribution in [3.8, 4) is 17.1 Å². The van der Waals surface area contributed by atoms with Gasteiger partial charge in [0.15, 0.2) is 0 Å². The molecule has 0 unspecified atom stereocenters. The number of aromatic hydroxyl groups is 1. The lowest BCUT2D eigenvalue weighted by atomic mass is 10.1. The SMILES string of the molecule is O=C(N/N=C/c1ccc(-c2ccccc2F)o1)c1ccccc1O. The van der Waals surface area contributed by atoms with Gasteiger partial charge in [0.05, 0.1) is 17.3 Å². The first-order valence-corrected chi connectivity index (χ1v) is 7.11. The van der Waals surface area contributed by atoms with Gasteiger partial charge in [0.2, 0.25) is 0 Å². The Bertz CT molecular complexity index is 903. The first kappa shape index (κ1) is 15.5. The number of rotatable bonds is 4. The van der Waals surface area contributed by atoms with Crippen molar-refractivity contribution in [1.29, 1.82) is 0 Å². The Morgan fingerprint density at radius 3 is 2.62 bits per heavy atom. The number of carbonyl (C=O) groups is 1. The number of phenols is 1. The van der Waals surface area contributed by atoms with Crippen LogP contribution in [0.1, 0.15) is 16.1 Å². The minimum Gasteiger partial charge on any atom is -0.507 e. The van der Waals surface area contributed by atoms with E-state index < -0.39 is 5.91 Å². The summed E-state index contributed by atoms with van der Waals surface area (Å²) in [7, 11) is 0. The summed E-state index contributed by atoms with van der Waals surface area (Å²) in [6, 6.07) is 15.6. The standard InChI is InChI=1S/C18H13FN2O3/c19-15-7-3-1-5-13(15)17-10-9-12(24-17)11-20-21-18(23)14-6-2-4-8-16(14)22/h1-11,22H,(H,21,23)/b20-11+. The molecule has 120 valence electrons. The van der Waals surface area contributed by atoms with E-state index in [9.17, 15) is 14.3 Å². The number of hydrazone groups is 1. The van der Waals surface area contributed by atoms with Crippen LogP contribution in [0.4, 0.5) is 4.39 Å². The van der Waals surface area contributed by atoms with E-state index in [1.165, 1.54) is 24.4 Å². The molecule has 2 N–H and O–H groups in total. The van der Waals surface area contributed by atoms with Crippen molar-refractivity contribution in [3.05, 3.63) is 77.8 Å². The zero-order chi connectivity index (χ0) is 16.9. The van der Waals surface area contributed by atoms with E-state index in [4.69, 9.17) is 4.42 Å². The van der Waals surface area contributed by atoms with Crippen LogP contribution in [0.5, 0.6) is 5.75 Å². The van der Waals surface area contributed by atoms with Gasteiger partial charge in [-0.15, -0.1) is 0 Å². The number of hydrogen-bond acceptors (Lipinski definition) is 4. The predicted octanol–water partition coefficient (Wildman–Crippen LogP) is 3.56. The number of phenolic OH excluding ortho intramolecular Hbond substituents is 1. The number of halogens is 1. The Hall–Kier alpha value is -3.41. The number of nitrogens with one attached hydrogen (secondary N) is 1. The molecule has 0 spiro atoms. The molecule has 6 heteroatoms. The number of benzene rings is 2. The highest BCUT2D eigenvalue weighted by molar-refractivity contribution is 5.97. The van der Waals surface area contributed by atoms with Gasteiger partial charge in [0.1, 0.15) is 23.1 Å². The summed E-state index contributed by atoms with van der Waals surface area (Å²) in [4.78, 5) is 11.9. The van der Waals surface area contributed by atoms with Gasteiger partial charge in [-0.3, -0.25) is 4.79 Å². The number of amides is 1. The summed E-state index contributed by atoms with van der Waals surface area (Å²) in [5.74, 6) is -0.356. The van der Waals surface area contributed by atoms with Crippen molar-refractivity contribution in [2.24, 2.45) is 5.10 Å². The summed E-state index contributed by atoms with van der Waals surface area (Å²) in [6.07, 6.45) is 1.29. The summed E-state index contributed by atoms with van der Waals surface area (Å²) >= 11 is 0. The van der Waals surface area contributed by atoms with Gasteiger partial charge in [-0.1, -0.05) is 24.3 Å².